The number of nitrogens with one attached hydrogen (secondary N) is 1. The lowest BCUT2D eigenvalue weighted by molar-refractivity contribution is 0.0600. The fourth-order valence-electron chi connectivity index (χ4n) is 1.63. The zero-order chi connectivity index (χ0) is 17.2. The highest BCUT2D eigenvalue weighted by molar-refractivity contribution is 7.92. The van der Waals surface area contributed by atoms with E-state index >= 15 is 0 Å². The summed E-state index contributed by atoms with van der Waals surface area (Å²) >= 11 is 0. The minimum atomic E-state index is -4.58. The third kappa shape index (κ3) is 3.59. The van der Waals surface area contributed by atoms with Crippen molar-refractivity contribution in [2.24, 2.45) is 0 Å². The molecule has 0 aliphatic rings. The number of halogens is 3. The monoisotopic (exact) mass is 346 g/mol. The molecule has 0 radical (unpaired) electrons. The van der Waals surface area contributed by atoms with Gasteiger partial charge in [0.05, 0.1) is 12.7 Å². The maximum atomic E-state index is 13.6. The van der Waals surface area contributed by atoms with Crippen LogP contribution in [0.1, 0.15) is 10.4 Å². The summed E-state index contributed by atoms with van der Waals surface area (Å²) in [6.45, 7) is 0. The molecule has 6 nitrogen and oxygen atoms in total. The second-order valence-corrected chi connectivity index (χ2v) is 5.87. The van der Waals surface area contributed by atoms with Crippen LogP contribution in [0, 0.1) is 17.5 Å². The lowest BCUT2D eigenvalue weighted by atomic mass is 10.3. The molecule has 0 aliphatic heterocycles. The van der Waals surface area contributed by atoms with Crippen LogP contribution in [0.5, 0.6) is 0 Å². The number of hydrogen-bond acceptors (Lipinski definition) is 5. The molecular formula is C13H9F3N2O4S. The summed E-state index contributed by atoms with van der Waals surface area (Å²) in [7, 11) is -3.45. The van der Waals surface area contributed by atoms with E-state index in [1.165, 1.54) is 6.07 Å². The van der Waals surface area contributed by atoms with Crippen molar-refractivity contribution in [1.29, 1.82) is 0 Å². The van der Waals surface area contributed by atoms with E-state index in [0.717, 1.165) is 19.4 Å². The first kappa shape index (κ1) is 16.7. The molecule has 1 N–H and O–H groups in total. The number of ether oxygens (including phenoxy) is 1. The highest BCUT2D eigenvalue weighted by Crippen LogP contribution is 2.21. The molecule has 0 saturated carbocycles. The Hall–Kier alpha value is -2.62. The standard InChI is InChI=1S/C13H9F3N2O4S/c1-22-13(19)7-2-3-17-12(4-7)18-23(20,21)11-6-9(15)8(14)5-10(11)16/h2-6H,1H3,(H,17,18). The second kappa shape index (κ2) is 6.24. The van der Waals surface area contributed by atoms with Crippen LogP contribution in [0.2, 0.25) is 0 Å². The van der Waals surface area contributed by atoms with Gasteiger partial charge in [-0.25, -0.2) is 31.4 Å². The number of sulfonamides is 1. The topological polar surface area (TPSA) is 85.4 Å². The van der Waals surface area contributed by atoms with Crippen LogP contribution in [0.3, 0.4) is 0 Å². The van der Waals surface area contributed by atoms with Gasteiger partial charge in [0.2, 0.25) is 0 Å². The zero-order valence-electron chi connectivity index (χ0n) is 11.5. The highest BCUT2D eigenvalue weighted by Gasteiger charge is 2.23. The molecule has 10 heteroatoms. The van der Waals surface area contributed by atoms with Crippen molar-refractivity contribution in [1.82, 2.24) is 4.98 Å². The van der Waals surface area contributed by atoms with E-state index in [0.29, 0.717) is 0 Å². The van der Waals surface area contributed by atoms with Gasteiger partial charge in [0.1, 0.15) is 16.5 Å². The van der Waals surface area contributed by atoms with E-state index in [-0.39, 0.29) is 23.5 Å². The van der Waals surface area contributed by atoms with Gasteiger partial charge in [0.25, 0.3) is 10.0 Å². The zero-order valence-corrected chi connectivity index (χ0v) is 12.3. The quantitative estimate of drug-likeness (QED) is 0.677. The van der Waals surface area contributed by atoms with Gasteiger partial charge in [0, 0.05) is 18.3 Å². The van der Waals surface area contributed by atoms with Crippen LogP contribution < -0.4 is 4.72 Å². The summed E-state index contributed by atoms with van der Waals surface area (Å²) in [6.07, 6.45) is 1.12. The minimum Gasteiger partial charge on any atom is -0.465 e. The van der Waals surface area contributed by atoms with Gasteiger partial charge >= 0.3 is 5.97 Å². The smallest absolute Gasteiger partial charge is 0.338 e. The molecule has 0 spiro atoms. The number of carbonyl (C=O) groups is 1. The second-order valence-electron chi connectivity index (χ2n) is 4.22. The van der Waals surface area contributed by atoms with E-state index in [1.54, 1.807) is 0 Å². The normalized spacial score (nSPS) is 11.1. The lowest BCUT2D eigenvalue weighted by Gasteiger charge is -2.09. The summed E-state index contributed by atoms with van der Waals surface area (Å²) in [5.74, 6) is -5.58. The Labute approximate surface area is 129 Å². The molecule has 0 amide bonds. The number of nitrogens with zero attached hydrogens (tertiary/aromatic N) is 1. The minimum absolute atomic E-state index is 0.00837. The van der Waals surface area contributed by atoms with Gasteiger partial charge in [-0.05, 0) is 12.1 Å². The number of anilines is 1. The molecule has 0 atom stereocenters. The van der Waals surface area contributed by atoms with Gasteiger partial charge < -0.3 is 4.74 Å². The van der Waals surface area contributed by atoms with Crippen molar-refractivity contribution < 1.29 is 31.1 Å². The Morgan fingerprint density at radius 2 is 1.78 bits per heavy atom. The first-order chi connectivity index (χ1) is 10.7. The maximum absolute atomic E-state index is 13.6. The molecular weight excluding hydrogens is 337 g/mol. The molecule has 0 unspecified atom stereocenters. The average molecular weight is 346 g/mol. The van der Waals surface area contributed by atoms with Gasteiger partial charge in [-0.1, -0.05) is 0 Å². The molecule has 122 valence electrons. The Morgan fingerprint density at radius 3 is 2.43 bits per heavy atom. The van der Waals surface area contributed by atoms with Crippen molar-refractivity contribution in [3.8, 4) is 0 Å². The van der Waals surface area contributed by atoms with Crippen LogP contribution in [-0.2, 0) is 14.8 Å². The van der Waals surface area contributed by atoms with Crippen molar-refractivity contribution in [3.63, 3.8) is 0 Å². The Bertz CT molecular complexity index is 872. The molecule has 1 aromatic carbocycles. The van der Waals surface area contributed by atoms with Gasteiger partial charge in [-0.15, -0.1) is 0 Å². The van der Waals surface area contributed by atoms with Crippen molar-refractivity contribution in [2.45, 2.75) is 4.90 Å². The molecule has 1 heterocycles. The molecule has 0 bridgehead atoms. The van der Waals surface area contributed by atoms with Crippen molar-refractivity contribution in [2.75, 3.05) is 11.8 Å². The number of rotatable bonds is 4. The van der Waals surface area contributed by atoms with E-state index in [2.05, 4.69) is 9.72 Å². The summed E-state index contributed by atoms with van der Waals surface area (Å²) in [5.41, 5.74) is -0.00837. The van der Waals surface area contributed by atoms with E-state index in [9.17, 15) is 26.4 Å². The van der Waals surface area contributed by atoms with Crippen LogP contribution in [-0.4, -0.2) is 26.5 Å². The van der Waals surface area contributed by atoms with Gasteiger partial charge in [-0.2, -0.15) is 0 Å². The average Bonchev–Trinajstić information content (AvgIpc) is 2.49. The van der Waals surface area contributed by atoms with Crippen molar-refractivity contribution in [3.05, 3.63) is 53.5 Å². The predicted octanol–water partition coefficient (Wildman–Crippen LogP) is 2.09. The number of esters is 1. The number of benzene rings is 1. The van der Waals surface area contributed by atoms with E-state index in [1.807, 2.05) is 4.72 Å². The molecule has 0 aliphatic carbocycles. The molecule has 23 heavy (non-hydrogen) atoms. The molecule has 1 aromatic heterocycles. The number of pyridine rings is 1. The lowest BCUT2D eigenvalue weighted by Crippen LogP contribution is -2.16. The van der Waals surface area contributed by atoms with Gasteiger partial charge in [-0.3, -0.25) is 4.72 Å². The van der Waals surface area contributed by atoms with Crippen LogP contribution in [0.25, 0.3) is 0 Å². The molecule has 2 aromatic rings. The summed E-state index contributed by atoms with van der Waals surface area (Å²) in [5, 5.41) is 0. The van der Waals surface area contributed by atoms with E-state index < -0.39 is 38.3 Å². The number of carbonyl (C=O) groups excluding carboxylic acids is 1. The molecule has 2 rings (SSSR count). The summed E-state index contributed by atoms with van der Waals surface area (Å²) < 4.78 is 70.0. The molecule has 0 fully saturated rings. The van der Waals surface area contributed by atoms with Crippen LogP contribution >= 0.6 is 0 Å². The third-order valence-corrected chi connectivity index (χ3v) is 4.05. The third-order valence-electron chi connectivity index (χ3n) is 2.68. The van der Waals surface area contributed by atoms with Crippen LogP contribution in [0.4, 0.5) is 19.0 Å². The van der Waals surface area contributed by atoms with Gasteiger partial charge in [0.15, 0.2) is 11.6 Å². The summed E-state index contributed by atoms with van der Waals surface area (Å²) in [6, 6.07) is 2.63. The Balaban J connectivity index is 2.39. The largest absolute Gasteiger partial charge is 0.465 e. The number of hydrogen-bond donors (Lipinski definition) is 1. The van der Waals surface area contributed by atoms with Crippen LogP contribution in [0.15, 0.2) is 35.4 Å². The Kier molecular flexibility index (Phi) is 4.55. The first-order valence-electron chi connectivity index (χ1n) is 5.96. The van der Waals surface area contributed by atoms with E-state index in [4.69, 9.17) is 0 Å². The fraction of sp³-hybridized carbons (Fsp3) is 0.0769. The Morgan fingerprint density at radius 1 is 1.13 bits per heavy atom. The van der Waals surface area contributed by atoms with Crippen molar-refractivity contribution >= 4 is 21.8 Å². The predicted molar refractivity (Wildman–Crippen MR) is 72.7 cm³/mol. The first-order valence-corrected chi connectivity index (χ1v) is 7.44. The number of methoxy groups -OCH3 is 1. The maximum Gasteiger partial charge on any atom is 0.338 e. The highest BCUT2D eigenvalue weighted by atomic mass is 32.2. The SMILES string of the molecule is COC(=O)c1ccnc(NS(=O)(=O)c2cc(F)c(F)cc2F)c1. The fourth-order valence-corrected chi connectivity index (χ4v) is 2.71. The number of aromatic nitrogens is 1. The molecule has 0 saturated heterocycles. The summed E-state index contributed by atoms with van der Waals surface area (Å²) in [4.78, 5) is 13.9.